The van der Waals surface area contributed by atoms with E-state index in [1.807, 2.05) is 49.1 Å². The zero-order valence-corrected chi connectivity index (χ0v) is 17.4. The minimum absolute atomic E-state index is 0.00137. The highest BCUT2D eigenvalue weighted by Gasteiger charge is 2.28. The van der Waals surface area contributed by atoms with Crippen LogP contribution in [0.5, 0.6) is 0 Å². The molecule has 2 amide bonds. The van der Waals surface area contributed by atoms with Crippen LogP contribution in [0.1, 0.15) is 26.7 Å². The quantitative estimate of drug-likeness (QED) is 0.702. The van der Waals surface area contributed by atoms with E-state index >= 15 is 0 Å². The van der Waals surface area contributed by atoms with Crippen molar-refractivity contribution in [2.75, 3.05) is 18.4 Å². The number of benzene rings is 1. The normalized spacial score (nSPS) is 15.1. The minimum atomic E-state index is -0.0862. The van der Waals surface area contributed by atoms with Crippen molar-refractivity contribution < 1.29 is 9.59 Å². The van der Waals surface area contributed by atoms with E-state index in [0.717, 1.165) is 20.8 Å². The van der Waals surface area contributed by atoms with E-state index in [-0.39, 0.29) is 23.7 Å². The van der Waals surface area contributed by atoms with Gasteiger partial charge in [-0.05, 0) is 37.1 Å². The standard InChI is InChI=1S/C22H24N4O2S/c1-14(2)22(28)26-11-9-15(10-12-26)20(27)25-19-8-7-16(13-23-19)21-24-17-5-3-4-6-18(17)29-21/h3-8,13-15H,9-12H2,1-2H3,(H,23,25,27). The van der Waals surface area contributed by atoms with Crippen LogP contribution >= 0.6 is 11.3 Å². The monoisotopic (exact) mass is 408 g/mol. The number of nitrogens with one attached hydrogen (secondary N) is 1. The average molecular weight is 409 g/mol. The zero-order chi connectivity index (χ0) is 20.4. The number of hydrogen-bond donors (Lipinski definition) is 1. The van der Waals surface area contributed by atoms with Crippen LogP contribution in [-0.4, -0.2) is 39.8 Å². The second kappa shape index (κ2) is 8.29. The third-order valence-electron chi connectivity index (χ3n) is 5.23. The number of likely N-dealkylation sites (tertiary alicyclic amines) is 1. The van der Waals surface area contributed by atoms with E-state index in [4.69, 9.17) is 0 Å². The number of carbonyl (C=O) groups is 2. The Hall–Kier alpha value is -2.80. The van der Waals surface area contributed by atoms with Gasteiger partial charge in [0.25, 0.3) is 0 Å². The SMILES string of the molecule is CC(C)C(=O)N1CCC(C(=O)Nc2ccc(-c3nc4ccccc4s3)cn2)CC1. The molecule has 1 aliphatic heterocycles. The molecule has 0 radical (unpaired) electrons. The van der Waals surface area contributed by atoms with Gasteiger partial charge in [0.2, 0.25) is 11.8 Å². The van der Waals surface area contributed by atoms with Crippen LogP contribution in [0.15, 0.2) is 42.6 Å². The molecule has 150 valence electrons. The maximum atomic E-state index is 12.6. The molecule has 0 unspecified atom stereocenters. The fraction of sp³-hybridized carbons (Fsp3) is 0.364. The summed E-state index contributed by atoms with van der Waals surface area (Å²) in [7, 11) is 0. The number of pyridine rings is 1. The predicted molar refractivity (Wildman–Crippen MR) is 116 cm³/mol. The van der Waals surface area contributed by atoms with Gasteiger partial charge in [0, 0.05) is 36.7 Å². The van der Waals surface area contributed by atoms with Gasteiger partial charge < -0.3 is 10.2 Å². The molecule has 0 saturated carbocycles. The van der Waals surface area contributed by atoms with Gasteiger partial charge in [-0.1, -0.05) is 26.0 Å². The van der Waals surface area contributed by atoms with Crippen LogP contribution < -0.4 is 5.32 Å². The molecule has 1 N–H and O–H groups in total. The molecule has 4 rings (SSSR count). The van der Waals surface area contributed by atoms with Gasteiger partial charge in [0.1, 0.15) is 10.8 Å². The molecule has 29 heavy (non-hydrogen) atoms. The molecule has 1 aliphatic rings. The maximum Gasteiger partial charge on any atom is 0.228 e. The molecule has 1 fully saturated rings. The molecule has 0 bridgehead atoms. The summed E-state index contributed by atoms with van der Waals surface area (Å²) in [6, 6.07) is 11.8. The van der Waals surface area contributed by atoms with Crippen LogP contribution in [-0.2, 0) is 9.59 Å². The second-order valence-corrected chi connectivity index (χ2v) is 8.69. The third-order valence-corrected chi connectivity index (χ3v) is 6.31. The summed E-state index contributed by atoms with van der Waals surface area (Å²) in [5.74, 6) is 0.592. The zero-order valence-electron chi connectivity index (χ0n) is 16.6. The number of thiazole rings is 1. The summed E-state index contributed by atoms with van der Waals surface area (Å²) < 4.78 is 1.14. The Morgan fingerprint density at radius 1 is 1.14 bits per heavy atom. The van der Waals surface area contributed by atoms with Crippen molar-refractivity contribution in [1.82, 2.24) is 14.9 Å². The van der Waals surface area contributed by atoms with Crippen LogP contribution in [0.4, 0.5) is 5.82 Å². The first-order valence-electron chi connectivity index (χ1n) is 9.93. The molecule has 3 aromatic rings. The summed E-state index contributed by atoms with van der Waals surface area (Å²) in [4.78, 5) is 35.6. The molecule has 2 aromatic heterocycles. The Labute approximate surface area is 174 Å². The van der Waals surface area contributed by atoms with Gasteiger partial charge in [0.15, 0.2) is 0 Å². The Bertz CT molecular complexity index is 988. The van der Waals surface area contributed by atoms with E-state index in [1.165, 1.54) is 0 Å². The lowest BCUT2D eigenvalue weighted by Gasteiger charge is -2.32. The molecule has 1 aromatic carbocycles. The lowest BCUT2D eigenvalue weighted by molar-refractivity contribution is -0.137. The average Bonchev–Trinajstić information content (AvgIpc) is 3.18. The largest absolute Gasteiger partial charge is 0.342 e. The topological polar surface area (TPSA) is 75.2 Å². The Kier molecular flexibility index (Phi) is 5.58. The summed E-state index contributed by atoms with van der Waals surface area (Å²) in [5, 5.41) is 3.83. The molecule has 1 saturated heterocycles. The lowest BCUT2D eigenvalue weighted by Crippen LogP contribution is -2.43. The van der Waals surface area contributed by atoms with Crippen molar-refractivity contribution in [3.63, 3.8) is 0 Å². The number of fused-ring (bicyclic) bond motifs is 1. The van der Waals surface area contributed by atoms with Gasteiger partial charge in [-0.2, -0.15) is 0 Å². The number of hydrogen-bond acceptors (Lipinski definition) is 5. The third kappa shape index (κ3) is 4.29. The van der Waals surface area contributed by atoms with E-state index in [0.29, 0.717) is 31.7 Å². The van der Waals surface area contributed by atoms with Gasteiger partial charge in [0.05, 0.1) is 10.2 Å². The summed E-state index contributed by atoms with van der Waals surface area (Å²) in [6.07, 6.45) is 3.12. The number of carbonyl (C=O) groups excluding carboxylic acids is 2. The van der Waals surface area contributed by atoms with E-state index in [9.17, 15) is 9.59 Å². The van der Waals surface area contributed by atoms with E-state index < -0.39 is 0 Å². The Balaban J connectivity index is 1.36. The van der Waals surface area contributed by atoms with Crippen LogP contribution in [0, 0.1) is 11.8 Å². The van der Waals surface area contributed by atoms with Crippen molar-refractivity contribution in [3.8, 4) is 10.6 Å². The van der Waals surface area contributed by atoms with Crippen molar-refractivity contribution in [1.29, 1.82) is 0 Å². The second-order valence-electron chi connectivity index (χ2n) is 7.66. The van der Waals surface area contributed by atoms with Crippen molar-refractivity contribution in [2.24, 2.45) is 11.8 Å². The first-order valence-corrected chi connectivity index (χ1v) is 10.7. The number of anilines is 1. The number of para-hydroxylation sites is 1. The highest BCUT2D eigenvalue weighted by atomic mass is 32.1. The molecular formula is C22H24N4O2S. The van der Waals surface area contributed by atoms with Crippen LogP contribution in [0.2, 0.25) is 0 Å². The van der Waals surface area contributed by atoms with E-state index in [2.05, 4.69) is 21.4 Å². The summed E-state index contributed by atoms with van der Waals surface area (Å²) in [6.45, 7) is 5.09. The predicted octanol–water partition coefficient (Wildman–Crippen LogP) is 4.19. The Morgan fingerprint density at radius 2 is 1.90 bits per heavy atom. The number of piperidine rings is 1. The number of nitrogens with zero attached hydrogens (tertiary/aromatic N) is 3. The van der Waals surface area contributed by atoms with Gasteiger partial charge in [-0.15, -0.1) is 11.3 Å². The number of amides is 2. The first kappa shape index (κ1) is 19.5. The Morgan fingerprint density at radius 3 is 2.55 bits per heavy atom. The molecule has 0 aliphatic carbocycles. The van der Waals surface area contributed by atoms with E-state index in [1.54, 1.807) is 17.5 Å². The fourth-order valence-electron chi connectivity index (χ4n) is 3.55. The molecule has 0 spiro atoms. The van der Waals surface area contributed by atoms with Gasteiger partial charge >= 0.3 is 0 Å². The molecule has 6 nitrogen and oxygen atoms in total. The summed E-state index contributed by atoms with van der Waals surface area (Å²) in [5.41, 5.74) is 1.91. The highest BCUT2D eigenvalue weighted by Crippen LogP contribution is 2.30. The molecule has 7 heteroatoms. The number of rotatable bonds is 4. The van der Waals surface area contributed by atoms with Gasteiger partial charge in [-0.3, -0.25) is 9.59 Å². The number of aromatic nitrogens is 2. The van der Waals surface area contributed by atoms with Crippen molar-refractivity contribution >= 4 is 39.2 Å². The van der Waals surface area contributed by atoms with Crippen molar-refractivity contribution in [2.45, 2.75) is 26.7 Å². The molecule has 0 atom stereocenters. The molecular weight excluding hydrogens is 384 g/mol. The lowest BCUT2D eigenvalue weighted by atomic mass is 9.95. The van der Waals surface area contributed by atoms with Crippen LogP contribution in [0.25, 0.3) is 20.8 Å². The first-order chi connectivity index (χ1) is 14.0. The smallest absolute Gasteiger partial charge is 0.228 e. The van der Waals surface area contributed by atoms with Crippen molar-refractivity contribution in [3.05, 3.63) is 42.6 Å². The highest BCUT2D eigenvalue weighted by molar-refractivity contribution is 7.21. The fourth-order valence-corrected chi connectivity index (χ4v) is 4.50. The van der Waals surface area contributed by atoms with Crippen LogP contribution in [0.3, 0.4) is 0 Å². The van der Waals surface area contributed by atoms with Gasteiger partial charge in [-0.25, -0.2) is 9.97 Å². The molecule has 3 heterocycles. The summed E-state index contributed by atoms with van der Waals surface area (Å²) >= 11 is 1.63. The maximum absolute atomic E-state index is 12.6. The minimum Gasteiger partial charge on any atom is -0.342 e.